The number of hydrogen-bond acceptors (Lipinski definition) is 3. The molecule has 0 spiro atoms. The van der Waals surface area contributed by atoms with Gasteiger partial charge in [0.2, 0.25) is 0 Å². The van der Waals surface area contributed by atoms with Crippen molar-refractivity contribution in [1.82, 2.24) is 9.97 Å². The van der Waals surface area contributed by atoms with Gasteiger partial charge in [-0.1, -0.05) is 18.5 Å². The molecule has 0 radical (unpaired) electrons. The molecule has 0 amide bonds. The van der Waals surface area contributed by atoms with Crippen molar-refractivity contribution in [3.8, 4) is 0 Å². The summed E-state index contributed by atoms with van der Waals surface area (Å²) in [6, 6.07) is 0. The second-order valence-corrected chi connectivity index (χ2v) is 4.48. The van der Waals surface area contributed by atoms with E-state index in [0.717, 1.165) is 13.0 Å². The van der Waals surface area contributed by atoms with E-state index in [1.165, 1.54) is 19.2 Å². The Kier molecular flexibility index (Phi) is 2.69. The van der Waals surface area contributed by atoms with Gasteiger partial charge in [0.15, 0.2) is 5.82 Å². The SMILES string of the molecule is CCC1(CNc2nc[nH]c(=O)c2Cl)CC1. The van der Waals surface area contributed by atoms with Gasteiger partial charge in [-0.25, -0.2) is 4.98 Å². The molecule has 0 atom stereocenters. The van der Waals surface area contributed by atoms with Crippen molar-refractivity contribution >= 4 is 17.4 Å². The smallest absolute Gasteiger partial charge is 0.271 e. The van der Waals surface area contributed by atoms with Gasteiger partial charge in [-0.2, -0.15) is 0 Å². The zero-order valence-corrected chi connectivity index (χ0v) is 9.40. The molecule has 1 heterocycles. The molecule has 15 heavy (non-hydrogen) atoms. The van der Waals surface area contributed by atoms with Crippen LogP contribution in [0.25, 0.3) is 0 Å². The van der Waals surface area contributed by atoms with Gasteiger partial charge in [-0.15, -0.1) is 0 Å². The minimum absolute atomic E-state index is 0.143. The fourth-order valence-electron chi connectivity index (χ4n) is 1.61. The Morgan fingerprint density at radius 3 is 3.00 bits per heavy atom. The Hall–Kier alpha value is -1.03. The third kappa shape index (κ3) is 2.15. The van der Waals surface area contributed by atoms with E-state index in [9.17, 15) is 4.79 Å². The minimum atomic E-state index is -0.296. The first-order valence-electron chi connectivity index (χ1n) is 5.14. The Labute approximate surface area is 93.1 Å². The van der Waals surface area contributed by atoms with E-state index in [1.807, 2.05) is 0 Å². The van der Waals surface area contributed by atoms with Crippen molar-refractivity contribution in [2.24, 2.45) is 5.41 Å². The molecule has 82 valence electrons. The second kappa shape index (κ2) is 3.85. The topological polar surface area (TPSA) is 57.8 Å². The van der Waals surface area contributed by atoms with Crippen LogP contribution in [0.15, 0.2) is 11.1 Å². The van der Waals surface area contributed by atoms with Crippen LogP contribution in [0.2, 0.25) is 5.02 Å². The molecule has 0 bridgehead atoms. The molecule has 0 saturated heterocycles. The third-order valence-corrected chi connectivity index (χ3v) is 3.49. The number of nitrogens with zero attached hydrogens (tertiary/aromatic N) is 1. The van der Waals surface area contributed by atoms with Crippen LogP contribution in [0.3, 0.4) is 0 Å². The molecule has 5 heteroatoms. The predicted molar refractivity (Wildman–Crippen MR) is 60.3 cm³/mol. The maximum atomic E-state index is 11.2. The van der Waals surface area contributed by atoms with E-state index in [-0.39, 0.29) is 10.6 Å². The maximum absolute atomic E-state index is 11.2. The summed E-state index contributed by atoms with van der Waals surface area (Å²) < 4.78 is 0. The van der Waals surface area contributed by atoms with Gasteiger partial charge in [0.25, 0.3) is 5.56 Å². The van der Waals surface area contributed by atoms with Crippen LogP contribution < -0.4 is 10.9 Å². The molecular weight excluding hydrogens is 214 g/mol. The van der Waals surface area contributed by atoms with Crippen molar-refractivity contribution in [1.29, 1.82) is 0 Å². The lowest BCUT2D eigenvalue weighted by Gasteiger charge is -2.13. The molecule has 2 rings (SSSR count). The van der Waals surface area contributed by atoms with E-state index >= 15 is 0 Å². The van der Waals surface area contributed by atoms with Crippen molar-refractivity contribution in [2.45, 2.75) is 26.2 Å². The number of aromatic nitrogens is 2. The highest BCUT2D eigenvalue weighted by molar-refractivity contribution is 6.32. The Morgan fingerprint density at radius 1 is 1.67 bits per heavy atom. The number of aromatic amines is 1. The van der Waals surface area contributed by atoms with Crippen molar-refractivity contribution in [2.75, 3.05) is 11.9 Å². The third-order valence-electron chi connectivity index (χ3n) is 3.13. The first kappa shape index (κ1) is 10.5. The molecule has 1 aliphatic carbocycles. The van der Waals surface area contributed by atoms with Gasteiger partial charge in [-0.3, -0.25) is 4.79 Å². The molecule has 1 fully saturated rings. The number of halogens is 1. The summed E-state index contributed by atoms with van der Waals surface area (Å²) in [4.78, 5) is 17.6. The van der Waals surface area contributed by atoms with Crippen LogP contribution in [0.1, 0.15) is 26.2 Å². The van der Waals surface area contributed by atoms with Crippen LogP contribution in [-0.4, -0.2) is 16.5 Å². The minimum Gasteiger partial charge on any atom is -0.368 e. The summed E-state index contributed by atoms with van der Waals surface area (Å²) in [5.41, 5.74) is 0.115. The standard InChI is InChI=1S/C10H14ClN3O/c1-2-10(3-4-10)5-12-8-7(11)9(15)14-6-13-8/h6H,2-5H2,1H3,(H2,12,13,14,15). The summed E-state index contributed by atoms with van der Waals surface area (Å²) in [6.45, 7) is 3.03. The van der Waals surface area contributed by atoms with E-state index < -0.39 is 0 Å². The number of H-pyrrole nitrogens is 1. The number of anilines is 1. The molecule has 1 aliphatic rings. The van der Waals surface area contributed by atoms with E-state index in [2.05, 4.69) is 22.2 Å². The van der Waals surface area contributed by atoms with E-state index in [0.29, 0.717) is 11.2 Å². The first-order valence-corrected chi connectivity index (χ1v) is 5.52. The zero-order valence-electron chi connectivity index (χ0n) is 8.64. The maximum Gasteiger partial charge on any atom is 0.271 e. The van der Waals surface area contributed by atoms with Gasteiger partial charge >= 0.3 is 0 Å². The van der Waals surface area contributed by atoms with Gasteiger partial charge in [0, 0.05) is 6.54 Å². The summed E-state index contributed by atoms with van der Waals surface area (Å²) in [5.74, 6) is 0.486. The Bertz CT molecular complexity index is 411. The van der Waals surface area contributed by atoms with Gasteiger partial charge in [0.1, 0.15) is 5.02 Å². The van der Waals surface area contributed by atoms with E-state index in [4.69, 9.17) is 11.6 Å². The summed E-state index contributed by atoms with van der Waals surface area (Å²) >= 11 is 5.82. The highest BCUT2D eigenvalue weighted by Crippen LogP contribution is 2.48. The van der Waals surface area contributed by atoms with Gasteiger partial charge in [-0.05, 0) is 24.7 Å². The molecule has 0 aromatic carbocycles. The monoisotopic (exact) mass is 227 g/mol. The van der Waals surface area contributed by atoms with Crippen molar-refractivity contribution < 1.29 is 0 Å². The quantitative estimate of drug-likeness (QED) is 0.828. The molecular formula is C10H14ClN3O. The highest BCUT2D eigenvalue weighted by Gasteiger charge is 2.40. The zero-order chi connectivity index (χ0) is 10.9. The summed E-state index contributed by atoms with van der Waals surface area (Å²) in [7, 11) is 0. The molecule has 0 aliphatic heterocycles. The molecule has 1 saturated carbocycles. The Balaban J connectivity index is 2.05. The van der Waals surface area contributed by atoms with Gasteiger partial charge in [0.05, 0.1) is 6.33 Å². The van der Waals surface area contributed by atoms with Crippen LogP contribution in [0.5, 0.6) is 0 Å². The highest BCUT2D eigenvalue weighted by atomic mass is 35.5. The van der Waals surface area contributed by atoms with Crippen molar-refractivity contribution in [3.63, 3.8) is 0 Å². The second-order valence-electron chi connectivity index (χ2n) is 4.10. The summed E-state index contributed by atoms with van der Waals surface area (Å²) in [5, 5.41) is 3.29. The van der Waals surface area contributed by atoms with Crippen molar-refractivity contribution in [3.05, 3.63) is 21.7 Å². The average Bonchev–Trinajstić information content (AvgIpc) is 3.01. The lowest BCUT2D eigenvalue weighted by molar-refractivity contribution is 0.520. The van der Waals surface area contributed by atoms with Crippen LogP contribution in [-0.2, 0) is 0 Å². The predicted octanol–water partition coefficient (Wildman–Crippen LogP) is 2.03. The molecule has 1 aromatic heterocycles. The average molecular weight is 228 g/mol. The van der Waals surface area contributed by atoms with E-state index in [1.54, 1.807) is 0 Å². The first-order chi connectivity index (χ1) is 7.17. The van der Waals surface area contributed by atoms with Gasteiger partial charge < -0.3 is 10.3 Å². The fraction of sp³-hybridized carbons (Fsp3) is 0.600. The fourth-order valence-corrected chi connectivity index (χ4v) is 1.78. The number of rotatable bonds is 4. The van der Waals surface area contributed by atoms with Crippen LogP contribution >= 0.6 is 11.6 Å². The molecule has 2 N–H and O–H groups in total. The lowest BCUT2D eigenvalue weighted by Crippen LogP contribution is -2.18. The van der Waals surface area contributed by atoms with Crippen LogP contribution in [0, 0.1) is 5.41 Å². The number of nitrogens with one attached hydrogen (secondary N) is 2. The largest absolute Gasteiger partial charge is 0.368 e. The molecule has 1 aromatic rings. The lowest BCUT2D eigenvalue weighted by atomic mass is 10.0. The number of hydrogen-bond donors (Lipinski definition) is 2. The molecule has 0 unspecified atom stereocenters. The van der Waals surface area contributed by atoms with Crippen LogP contribution in [0.4, 0.5) is 5.82 Å². The normalized spacial score (nSPS) is 17.5. The molecule has 4 nitrogen and oxygen atoms in total. The Morgan fingerprint density at radius 2 is 2.40 bits per heavy atom. The summed E-state index contributed by atoms with van der Waals surface area (Å²) in [6.07, 6.45) is 5.01.